The highest BCUT2D eigenvalue weighted by atomic mass is 16.6. The van der Waals surface area contributed by atoms with Crippen molar-refractivity contribution in [1.82, 2.24) is 29.7 Å². The lowest BCUT2D eigenvalue weighted by molar-refractivity contribution is 0.0246. The SMILES string of the molecule is CC(C)(C)OC(=O)n1ncc2cc(C#Cc3ccnc(-c4ccnc(NCC5CCCCO5)n4)n3)ccc21. The molecular formula is C28H29N7O3. The highest BCUT2D eigenvalue weighted by molar-refractivity contribution is 5.88. The van der Waals surface area contributed by atoms with Gasteiger partial charge in [-0.15, -0.1) is 0 Å². The van der Waals surface area contributed by atoms with E-state index in [0.717, 1.165) is 30.4 Å². The van der Waals surface area contributed by atoms with Crippen molar-refractivity contribution in [2.75, 3.05) is 18.5 Å². The number of aromatic nitrogens is 6. The molecule has 10 heteroatoms. The summed E-state index contributed by atoms with van der Waals surface area (Å²) < 4.78 is 12.4. The molecule has 1 fully saturated rings. The Morgan fingerprint density at radius 1 is 1.13 bits per heavy atom. The van der Waals surface area contributed by atoms with E-state index in [4.69, 9.17) is 9.47 Å². The van der Waals surface area contributed by atoms with Crippen molar-refractivity contribution in [3.8, 4) is 23.4 Å². The highest BCUT2D eigenvalue weighted by Crippen LogP contribution is 2.18. The molecule has 1 saturated heterocycles. The lowest BCUT2D eigenvalue weighted by Gasteiger charge is -2.22. The number of ether oxygens (including phenoxy) is 2. The largest absolute Gasteiger partial charge is 0.442 e. The zero-order chi connectivity index (χ0) is 26.5. The van der Waals surface area contributed by atoms with Crippen molar-refractivity contribution in [3.63, 3.8) is 0 Å². The van der Waals surface area contributed by atoms with Gasteiger partial charge in [0.15, 0.2) is 5.82 Å². The van der Waals surface area contributed by atoms with E-state index in [2.05, 4.69) is 42.2 Å². The molecule has 1 aromatic carbocycles. The van der Waals surface area contributed by atoms with Crippen LogP contribution in [0, 0.1) is 11.8 Å². The fourth-order valence-electron chi connectivity index (χ4n) is 3.99. The van der Waals surface area contributed by atoms with Gasteiger partial charge in [-0.3, -0.25) is 0 Å². The van der Waals surface area contributed by atoms with E-state index >= 15 is 0 Å². The van der Waals surface area contributed by atoms with Crippen molar-refractivity contribution < 1.29 is 14.3 Å². The lowest BCUT2D eigenvalue weighted by atomic mass is 10.1. The molecule has 0 bridgehead atoms. The van der Waals surface area contributed by atoms with Crippen molar-refractivity contribution in [2.24, 2.45) is 0 Å². The van der Waals surface area contributed by atoms with Crippen LogP contribution in [0.1, 0.15) is 51.3 Å². The number of nitrogens with one attached hydrogen (secondary N) is 1. The number of carbonyl (C=O) groups excluding carboxylic acids is 1. The second kappa shape index (κ2) is 10.9. The molecule has 1 aliphatic heterocycles. The first-order valence-corrected chi connectivity index (χ1v) is 12.6. The fourth-order valence-corrected chi connectivity index (χ4v) is 3.99. The van der Waals surface area contributed by atoms with Gasteiger partial charge in [-0.2, -0.15) is 9.78 Å². The van der Waals surface area contributed by atoms with Crippen molar-refractivity contribution in [1.29, 1.82) is 0 Å². The molecule has 0 saturated carbocycles. The van der Waals surface area contributed by atoms with Gasteiger partial charge in [0.1, 0.15) is 17.0 Å². The first kappa shape index (κ1) is 25.3. The summed E-state index contributed by atoms with van der Waals surface area (Å²) in [6.07, 6.45) is 7.95. The molecule has 3 aromatic heterocycles. The van der Waals surface area contributed by atoms with Gasteiger partial charge in [-0.05, 0) is 76.3 Å². The smallest absolute Gasteiger partial charge is 0.435 e. The van der Waals surface area contributed by atoms with Gasteiger partial charge in [-0.1, -0.05) is 5.92 Å². The number of carbonyl (C=O) groups is 1. The molecule has 10 nitrogen and oxygen atoms in total. The molecule has 1 atom stereocenters. The molecule has 1 unspecified atom stereocenters. The summed E-state index contributed by atoms with van der Waals surface area (Å²) in [5.74, 6) is 7.18. The molecular weight excluding hydrogens is 482 g/mol. The minimum atomic E-state index is -0.606. The van der Waals surface area contributed by atoms with Crippen LogP contribution in [-0.4, -0.2) is 60.7 Å². The molecule has 1 aliphatic rings. The molecule has 1 N–H and O–H groups in total. The third-order valence-corrected chi connectivity index (χ3v) is 5.77. The van der Waals surface area contributed by atoms with Gasteiger partial charge in [-0.25, -0.2) is 24.7 Å². The minimum absolute atomic E-state index is 0.178. The maximum Gasteiger partial charge on any atom is 0.435 e. The number of anilines is 1. The second-order valence-electron chi connectivity index (χ2n) is 9.96. The zero-order valence-electron chi connectivity index (χ0n) is 21.6. The maximum atomic E-state index is 12.4. The van der Waals surface area contributed by atoms with Gasteiger partial charge in [0, 0.05) is 36.5 Å². The van der Waals surface area contributed by atoms with Crippen LogP contribution in [0.3, 0.4) is 0 Å². The van der Waals surface area contributed by atoms with E-state index < -0.39 is 11.7 Å². The Hall–Kier alpha value is -4.36. The Bertz CT molecular complexity index is 1510. The molecule has 0 amide bonds. The van der Waals surface area contributed by atoms with Gasteiger partial charge < -0.3 is 14.8 Å². The summed E-state index contributed by atoms with van der Waals surface area (Å²) in [6, 6.07) is 9.02. The van der Waals surface area contributed by atoms with Gasteiger partial charge in [0.2, 0.25) is 5.95 Å². The van der Waals surface area contributed by atoms with Crippen molar-refractivity contribution in [3.05, 3.63) is 60.2 Å². The van der Waals surface area contributed by atoms with Crippen LogP contribution >= 0.6 is 0 Å². The van der Waals surface area contributed by atoms with Crippen LogP contribution in [0.4, 0.5) is 10.7 Å². The van der Waals surface area contributed by atoms with E-state index in [-0.39, 0.29) is 6.10 Å². The van der Waals surface area contributed by atoms with E-state index in [1.807, 2.05) is 32.9 Å². The minimum Gasteiger partial charge on any atom is -0.442 e. The van der Waals surface area contributed by atoms with Crippen molar-refractivity contribution in [2.45, 2.75) is 51.7 Å². The molecule has 38 heavy (non-hydrogen) atoms. The van der Waals surface area contributed by atoms with Crippen LogP contribution in [-0.2, 0) is 9.47 Å². The van der Waals surface area contributed by atoms with Crippen molar-refractivity contribution >= 4 is 22.9 Å². The predicted octanol–water partition coefficient (Wildman–Crippen LogP) is 4.45. The van der Waals surface area contributed by atoms with E-state index in [1.54, 1.807) is 36.8 Å². The topological polar surface area (TPSA) is 117 Å². The average molecular weight is 512 g/mol. The van der Waals surface area contributed by atoms with Gasteiger partial charge >= 0.3 is 6.09 Å². The van der Waals surface area contributed by atoms with Crippen LogP contribution in [0.15, 0.2) is 48.9 Å². The third kappa shape index (κ3) is 6.30. The number of hydrogen-bond donors (Lipinski definition) is 1. The summed E-state index contributed by atoms with van der Waals surface area (Å²) >= 11 is 0. The van der Waals surface area contributed by atoms with Crippen LogP contribution in [0.5, 0.6) is 0 Å². The van der Waals surface area contributed by atoms with Crippen LogP contribution in [0.2, 0.25) is 0 Å². The quantitative estimate of drug-likeness (QED) is 0.397. The van der Waals surface area contributed by atoms with Gasteiger partial charge in [0.05, 0.1) is 17.8 Å². The summed E-state index contributed by atoms with van der Waals surface area (Å²) in [7, 11) is 0. The van der Waals surface area contributed by atoms with E-state index in [9.17, 15) is 4.79 Å². The highest BCUT2D eigenvalue weighted by Gasteiger charge is 2.20. The molecule has 194 valence electrons. The summed E-state index contributed by atoms with van der Waals surface area (Å²) in [5, 5.41) is 8.22. The Morgan fingerprint density at radius 3 is 2.82 bits per heavy atom. The monoisotopic (exact) mass is 511 g/mol. The standard InChI is InChI=1S/C28H29N7O3/c1-28(2,3)38-27(36)35-24-10-8-19(16-20(24)17-32-35)7-9-21-11-13-29-25(33-21)23-12-14-30-26(34-23)31-18-22-6-4-5-15-37-22/h8,10-14,16-17,22H,4-6,15,18H2,1-3H3,(H,30,31,34). The molecule has 4 heterocycles. The summed E-state index contributed by atoms with van der Waals surface area (Å²) in [6.45, 7) is 6.92. The second-order valence-corrected chi connectivity index (χ2v) is 9.96. The lowest BCUT2D eigenvalue weighted by Crippen LogP contribution is -2.27. The Kier molecular flexibility index (Phi) is 7.29. The molecule has 5 rings (SSSR count). The van der Waals surface area contributed by atoms with Crippen LogP contribution in [0.25, 0.3) is 22.4 Å². The molecule has 0 radical (unpaired) electrons. The Morgan fingerprint density at radius 2 is 2.00 bits per heavy atom. The molecule has 4 aromatic rings. The normalized spacial score (nSPS) is 15.5. The number of rotatable bonds is 4. The molecule has 0 aliphatic carbocycles. The zero-order valence-corrected chi connectivity index (χ0v) is 21.6. The average Bonchev–Trinajstić information content (AvgIpc) is 3.34. The number of nitrogens with zero attached hydrogens (tertiary/aromatic N) is 6. The Labute approximate surface area is 220 Å². The fraction of sp³-hybridized carbons (Fsp3) is 0.357. The first-order chi connectivity index (χ1) is 18.3. The predicted molar refractivity (Wildman–Crippen MR) is 142 cm³/mol. The van der Waals surface area contributed by atoms with E-state index in [0.29, 0.717) is 35.2 Å². The molecule has 0 spiro atoms. The third-order valence-electron chi connectivity index (χ3n) is 5.77. The number of hydrogen-bond acceptors (Lipinski definition) is 9. The number of fused-ring (bicyclic) bond motifs is 1. The summed E-state index contributed by atoms with van der Waals surface area (Å²) in [4.78, 5) is 30.2. The number of benzene rings is 1. The summed E-state index contributed by atoms with van der Waals surface area (Å²) in [5.41, 5.74) is 1.97. The first-order valence-electron chi connectivity index (χ1n) is 12.6. The van der Waals surface area contributed by atoms with Crippen LogP contribution < -0.4 is 5.32 Å². The maximum absolute atomic E-state index is 12.4. The Balaban J connectivity index is 1.30. The van der Waals surface area contributed by atoms with E-state index in [1.165, 1.54) is 11.1 Å². The van der Waals surface area contributed by atoms with Gasteiger partial charge in [0.25, 0.3) is 0 Å².